The van der Waals surface area contributed by atoms with E-state index in [4.69, 9.17) is 4.74 Å². The SMILES string of the molecule is CCCNCC1CCCC1Cc1cc(OC)ccc1Br. The van der Waals surface area contributed by atoms with Gasteiger partial charge in [0.15, 0.2) is 0 Å². The molecule has 1 aliphatic rings. The number of hydrogen-bond donors (Lipinski definition) is 1. The first kappa shape index (κ1) is 15.8. The Balaban J connectivity index is 1.97. The van der Waals surface area contributed by atoms with Gasteiger partial charge in [0.2, 0.25) is 0 Å². The molecule has 1 aromatic rings. The quantitative estimate of drug-likeness (QED) is 0.742. The van der Waals surface area contributed by atoms with Gasteiger partial charge in [0, 0.05) is 4.47 Å². The average Bonchev–Trinajstić information content (AvgIpc) is 2.89. The van der Waals surface area contributed by atoms with Gasteiger partial charge in [-0.25, -0.2) is 0 Å². The van der Waals surface area contributed by atoms with Gasteiger partial charge in [-0.05, 0) is 74.4 Å². The molecule has 112 valence electrons. The van der Waals surface area contributed by atoms with Crippen LogP contribution in [-0.2, 0) is 6.42 Å². The molecule has 1 fully saturated rings. The first-order valence-corrected chi connectivity index (χ1v) is 8.57. The molecule has 2 rings (SSSR count). The van der Waals surface area contributed by atoms with Crippen LogP contribution >= 0.6 is 15.9 Å². The Morgan fingerprint density at radius 2 is 2.10 bits per heavy atom. The van der Waals surface area contributed by atoms with Crippen LogP contribution in [0.3, 0.4) is 0 Å². The summed E-state index contributed by atoms with van der Waals surface area (Å²) in [6, 6.07) is 6.30. The Kier molecular flexibility index (Phi) is 6.37. The first-order valence-electron chi connectivity index (χ1n) is 7.77. The highest BCUT2D eigenvalue weighted by Crippen LogP contribution is 2.36. The number of halogens is 1. The molecule has 1 aromatic carbocycles. The lowest BCUT2D eigenvalue weighted by molar-refractivity contribution is 0.364. The molecule has 0 heterocycles. The van der Waals surface area contributed by atoms with Gasteiger partial charge < -0.3 is 10.1 Å². The normalized spacial score (nSPS) is 22.1. The van der Waals surface area contributed by atoms with Crippen molar-refractivity contribution in [2.45, 2.75) is 39.0 Å². The van der Waals surface area contributed by atoms with Gasteiger partial charge in [-0.1, -0.05) is 29.3 Å². The average molecular weight is 340 g/mol. The Morgan fingerprint density at radius 3 is 2.85 bits per heavy atom. The van der Waals surface area contributed by atoms with E-state index in [0.717, 1.165) is 30.6 Å². The number of ether oxygens (including phenoxy) is 1. The zero-order valence-electron chi connectivity index (χ0n) is 12.6. The number of hydrogen-bond acceptors (Lipinski definition) is 2. The molecule has 20 heavy (non-hydrogen) atoms. The molecular formula is C17H26BrNO. The molecule has 2 unspecified atom stereocenters. The molecule has 3 heteroatoms. The maximum atomic E-state index is 5.35. The lowest BCUT2D eigenvalue weighted by Crippen LogP contribution is -2.26. The summed E-state index contributed by atoms with van der Waals surface area (Å²) in [6.07, 6.45) is 6.50. The van der Waals surface area contributed by atoms with Gasteiger partial charge >= 0.3 is 0 Å². The van der Waals surface area contributed by atoms with Crippen LogP contribution in [0.5, 0.6) is 5.75 Å². The van der Waals surface area contributed by atoms with Gasteiger partial charge in [0.1, 0.15) is 5.75 Å². The predicted molar refractivity (Wildman–Crippen MR) is 88.4 cm³/mol. The van der Waals surface area contributed by atoms with Gasteiger partial charge in [-0.2, -0.15) is 0 Å². The van der Waals surface area contributed by atoms with E-state index in [1.54, 1.807) is 7.11 Å². The molecule has 0 radical (unpaired) electrons. The molecule has 1 saturated carbocycles. The zero-order chi connectivity index (χ0) is 14.4. The first-order chi connectivity index (χ1) is 9.74. The second-order valence-electron chi connectivity index (χ2n) is 5.82. The van der Waals surface area contributed by atoms with Crippen molar-refractivity contribution in [2.24, 2.45) is 11.8 Å². The van der Waals surface area contributed by atoms with E-state index < -0.39 is 0 Å². The van der Waals surface area contributed by atoms with Crippen molar-refractivity contribution < 1.29 is 4.74 Å². The summed E-state index contributed by atoms with van der Waals surface area (Å²) in [5.74, 6) is 2.60. The minimum atomic E-state index is 0.808. The summed E-state index contributed by atoms with van der Waals surface area (Å²) in [5.41, 5.74) is 1.39. The maximum absolute atomic E-state index is 5.35. The topological polar surface area (TPSA) is 21.3 Å². The van der Waals surface area contributed by atoms with Crippen LogP contribution in [0.15, 0.2) is 22.7 Å². The van der Waals surface area contributed by atoms with E-state index in [1.807, 2.05) is 6.07 Å². The fourth-order valence-electron chi connectivity index (χ4n) is 3.23. The summed E-state index contributed by atoms with van der Waals surface area (Å²) in [4.78, 5) is 0. The third kappa shape index (κ3) is 4.23. The molecule has 1 aliphatic carbocycles. The van der Waals surface area contributed by atoms with E-state index in [0.29, 0.717) is 0 Å². The minimum Gasteiger partial charge on any atom is -0.497 e. The number of methoxy groups -OCH3 is 1. The van der Waals surface area contributed by atoms with Crippen LogP contribution < -0.4 is 10.1 Å². The van der Waals surface area contributed by atoms with E-state index in [1.165, 1.54) is 42.3 Å². The van der Waals surface area contributed by atoms with E-state index >= 15 is 0 Å². The van der Waals surface area contributed by atoms with Crippen LogP contribution in [0, 0.1) is 11.8 Å². The van der Waals surface area contributed by atoms with Crippen molar-refractivity contribution in [3.05, 3.63) is 28.2 Å². The predicted octanol–water partition coefficient (Wildman–Crippen LogP) is 4.42. The van der Waals surface area contributed by atoms with Crippen molar-refractivity contribution >= 4 is 15.9 Å². The third-order valence-electron chi connectivity index (χ3n) is 4.38. The highest BCUT2D eigenvalue weighted by atomic mass is 79.9. The summed E-state index contributed by atoms with van der Waals surface area (Å²) >= 11 is 3.68. The monoisotopic (exact) mass is 339 g/mol. The molecule has 0 bridgehead atoms. The van der Waals surface area contributed by atoms with Crippen LogP contribution in [-0.4, -0.2) is 20.2 Å². The molecule has 0 spiro atoms. The van der Waals surface area contributed by atoms with Gasteiger partial charge in [0.05, 0.1) is 7.11 Å². The lowest BCUT2D eigenvalue weighted by Gasteiger charge is -2.21. The van der Waals surface area contributed by atoms with E-state index in [-0.39, 0.29) is 0 Å². The fraction of sp³-hybridized carbons (Fsp3) is 0.647. The summed E-state index contributed by atoms with van der Waals surface area (Å²) in [7, 11) is 1.74. The van der Waals surface area contributed by atoms with Crippen LogP contribution in [0.2, 0.25) is 0 Å². The number of nitrogens with one attached hydrogen (secondary N) is 1. The summed E-state index contributed by atoms with van der Waals surface area (Å²) < 4.78 is 6.56. The van der Waals surface area contributed by atoms with Crippen LogP contribution in [0.4, 0.5) is 0 Å². The third-order valence-corrected chi connectivity index (χ3v) is 5.16. The molecule has 0 amide bonds. The standard InChI is InChI=1S/C17H26BrNO/c1-3-9-19-12-14-6-4-5-13(14)10-15-11-16(20-2)7-8-17(15)18/h7-8,11,13-14,19H,3-6,9-10,12H2,1-2H3. The minimum absolute atomic E-state index is 0.808. The smallest absolute Gasteiger partial charge is 0.119 e. The highest BCUT2D eigenvalue weighted by molar-refractivity contribution is 9.10. The fourth-order valence-corrected chi connectivity index (χ4v) is 3.64. The Labute approximate surface area is 131 Å². The number of benzene rings is 1. The lowest BCUT2D eigenvalue weighted by atomic mass is 9.89. The molecule has 2 nitrogen and oxygen atoms in total. The second-order valence-corrected chi connectivity index (χ2v) is 6.67. The van der Waals surface area contributed by atoms with Crippen LogP contribution in [0.1, 0.15) is 38.2 Å². The van der Waals surface area contributed by atoms with Crippen molar-refractivity contribution in [2.75, 3.05) is 20.2 Å². The van der Waals surface area contributed by atoms with Gasteiger partial charge in [-0.3, -0.25) is 0 Å². The molecule has 0 aromatic heterocycles. The van der Waals surface area contributed by atoms with E-state index in [9.17, 15) is 0 Å². The molecule has 0 saturated heterocycles. The molecule has 2 atom stereocenters. The largest absolute Gasteiger partial charge is 0.497 e. The van der Waals surface area contributed by atoms with Crippen molar-refractivity contribution in [1.29, 1.82) is 0 Å². The number of rotatable bonds is 7. The molecule has 1 N–H and O–H groups in total. The van der Waals surface area contributed by atoms with E-state index in [2.05, 4.69) is 40.3 Å². The Morgan fingerprint density at radius 1 is 1.30 bits per heavy atom. The Hall–Kier alpha value is -0.540. The van der Waals surface area contributed by atoms with Gasteiger partial charge in [-0.15, -0.1) is 0 Å². The zero-order valence-corrected chi connectivity index (χ0v) is 14.2. The maximum Gasteiger partial charge on any atom is 0.119 e. The van der Waals surface area contributed by atoms with Crippen LogP contribution in [0.25, 0.3) is 0 Å². The van der Waals surface area contributed by atoms with Crippen molar-refractivity contribution in [1.82, 2.24) is 5.32 Å². The molecular weight excluding hydrogens is 314 g/mol. The summed E-state index contributed by atoms with van der Waals surface area (Å²) in [6.45, 7) is 4.55. The Bertz CT molecular complexity index is 421. The highest BCUT2D eigenvalue weighted by Gasteiger charge is 2.27. The second kappa shape index (κ2) is 8.04. The molecule has 0 aliphatic heterocycles. The summed E-state index contributed by atoms with van der Waals surface area (Å²) in [5, 5.41) is 3.59. The van der Waals surface area contributed by atoms with Gasteiger partial charge in [0.25, 0.3) is 0 Å². The van der Waals surface area contributed by atoms with Crippen molar-refractivity contribution in [3.63, 3.8) is 0 Å². The van der Waals surface area contributed by atoms with Crippen molar-refractivity contribution in [3.8, 4) is 5.75 Å².